The Morgan fingerprint density at radius 1 is 1.43 bits per heavy atom. The average Bonchev–Trinajstić information content (AvgIpc) is 2.43. The molecule has 3 heteroatoms. The molecule has 1 heterocycles. The molecule has 0 radical (unpaired) electrons. The number of nitrogens with zero attached hydrogens (tertiary/aromatic N) is 2. The standard InChI is InChI=1S/C11H13BrN2/c1-7-4-5-10-9(6-7)13-11(8(2)12)14(10)3/h4-6,8H,1-3H3. The number of aryl methyl sites for hydroxylation is 2. The Morgan fingerprint density at radius 3 is 2.79 bits per heavy atom. The van der Waals surface area contributed by atoms with Crippen molar-refractivity contribution in [2.75, 3.05) is 0 Å². The SMILES string of the molecule is Cc1ccc2c(c1)nc(C(C)Br)n2C. The van der Waals surface area contributed by atoms with Crippen LogP contribution >= 0.6 is 15.9 Å². The van der Waals surface area contributed by atoms with E-state index >= 15 is 0 Å². The summed E-state index contributed by atoms with van der Waals surface area (Å²) in [5.74, 6) is 1.07. The number of hydrogen-bond donors (Lipinski definition) is 0. The summed E-state index contributed by atoms with van der Waals surface area (Å²) < 4.78 is 2.13. The van der Waals surface area contributed by atoms with Gasteiger partial charge in [0.25, 0.3) is 0 Å². The van der Waals surface area contributed by atoms with E-state index in [0.29, 0.717) is 4.83 Å². The minimum Gasteiger partial charge on any atom is -0.330 e. The van der Waals surface area contributed by atoms with Gasteiger partial charge in [-0.15, -0.1) is 0 Å². The lowest BCUT2D eigenvalue weighted by atomic mass is 10.2. The maximum absolute atomic E-state index is 4.59. The van der Waals surface area contributed by atoms with Crippen LogP contribution in [0.3, 0.4) is 0 Å². The van der Waals surface area contributed by atoms with Crippen molar-refractivity contribution in [1.82, 2.24) is 9.55 Å². The molecule has 2 rings (SSSR count). The van der Waals surface area contributed by atoms with E-state index in [0.717, 1.165) is 11.3 Å². The third-order valence-corrected chi connectivity index (χ3v) is 2.84. The Bertz CT molecular complexity index is 471. The Hall–Kier alpha value is -0.830. The third-order valence-electron chi connectivity index (χ3n) is 2.43. The minimum atomic E-state index is 0.292. The fourth-order valence-electron chi connectivity index (χ4n) is 1.68. The Morgan fingerprint density at radius 2 is 2.14 bits per heavy atom. The smallest absolute Gasteiger partial charge is 0.123 e. The third kappa shape index (κ3) is 1.46. The summed E-state index contributed by atoms with van der Waals surface area (Å²) in [6, 6.07) is 6.36. The van der Waals surface area contributed by atoms with Gasteiger partial charge in [0.15, 0.2) is 0 Å². The zero-order valence-corrected chi connectivity index (χ0v) is 10.2. The number of imidazole rings is 1. The molecule has 2 aromatic rings. The topological polar surface area (TPSA) is 17.8 Å². The zero-order chi connectivity index (χ0) is 10.3. The quantitative estimate of drug-likeness (QED) is 0.713. The lowest BCUT2D eigenvalue weighted by molar-refractivity contribution is 0.824. The van der Waals surface area contributed by atoms with Gasteiger partial charge < -0.3 is 4.57 Å². The first-order valence-electron chi connectivity index (χ1n) is 4.66. The van der Waals surface area contributed by atoms with Crippen molar-refractivity contribution in [2.45, 2.75) is 18.7 Å². The van der Waals surface area contributed by atoms with Crippen LogP contribution in [0, 0.1) is 6.92 Å². The van der Waals surface area contributed by atoms with E-state index in [-0.39, 0.29) is 0 Å². The molecule has 0 saturated heterocycles. The molecule has 1 aromatic heterocycles. The molecule has 0 aliphatic heterocycles. The Labute approximate surface area is 92.1 Å². The molecule has 0 fully saturated rings. The molecule has 0 aliphatic rings. The summed E-state index contributed by atoms with van der Waals surface area (Å²) in [7, 11) is 2.05. The molecule has 74 valence electrons. The van der Waals surface area contributed by atoms with Gasteiger partial charge in [-0.25, -0.2) is 4.98 Å². The predicted octanol–water partition coefficient (Wildman–Crippen LogP) is 3.34. The van der Waals surface area contributed by atoms with Crippen molar-refractivity contribution in [3.63, 3.8) is 0 Å². The largest absolute Gasteiger partial charge is 0.330 e. The van der Waals surface area contributed by atoms with Gasteiger partial charge >= 0.3 is 0 Å². The van der Waals surface area contributed by atoms with Crippen LogP contribution < -0.4 is 0 Å². The van der Waals surface area contributed by atoms with E-state index in [4.69, 9.17) is 0 Å². The Kier molecular flexibility index (Phi) is 2.35. The summed E-state index contributed by atoms with van der Waals surface area (Å²) >= 11 is 3.55. The summed E-state index contributed by atoms with van der Waals surface area (Å²) in [4.78, 5) is 4.88. The minimum absolute atomic E-state index is 0.292. The monoisotopic (exact) mass is 252 g/mol. The molecule has 1 aromatic carbocycles. The van der Waals surface area contributed by atoms with Gasteiger partial charge in [-0.05, 0) is 31.5 Å². The van der Waals surface area contributed by atoms with E-state index < -0.39 is 0 Å². The molecule has 0 amide bonds. The second-order valence-corrected chi connectivity index (χ2v) is 5.01. The van der Waals surface area contributed by atoms with Crippen LogP contribution in [0.15, 0.2) is 18.2 Å². The molecule has 0 N–H and O–H groups in total. The first-order valence-corrected chi connectivity index (χ1v) is 5.58. The van der Waals surface area contributed by atoms with Gasteiger partial charge in [0.1, 0.15) is 5.82 Å². The fourth-order valence-corrected chi connectivity index (χ4v) is 2.09. The van der Waals surface area contributed by atoms with Crippen molar-refractivity contribution in [2.24, 2.45) is 7.05 Å². The van der Waals surface area contributed by atoms with Crippen molar-refractivity contribution < 1.29 is 0 Å². The van der Waals surface area contributed by atoms with Crippen LogP contribution in [-0.2, 0) is 7.05 Å². The highest BCUT2D eigenvalue weighted by atomic mass is 79.9. The molecule has 0 bridgehead atoms. The number of rotatable bonds is 1. The van der Waals surface area contributed by atoms with Crippen LogP contribution in [0.4, 0.5) is 0 Å². The van der Waals surface area contributed by atoms with E-state index in [1.807, 2.05) is 0 Å². The number of fused-ring (bicyclic) bond motifs is 1. The molecule has 1 atom stereocenters. The van der Waals surface area contributed by atoms with Crippen molar-refractivity contribution in [3.8, 4) is 0 Å². The molecule has 0 spiro atoms. The molecular formula is C11H13BrN2. The lowest BCUT2D eigenvalue weighted by Gasteiger charge is -2.02. The van der Waals surface area contributed by atoms with E-state index in [1.165, 1.54) is 11.1 Å². The van der Waals surface area contributed by atoms with Gasteiger partial charge in [0.2, 0.25) is 0 Å². The summed E-state index contributed by atoms with van der Waals surface area (Å²) in [6.45, 7) is 4.18. The first kappa shape index (κ1) is 9.71. The van der Waals surface area contributed by atoms with Gasteiger partial charge in [-0.2, -0.15) is 0 Å². The van der Waals surface area contributed by atoms with E-state index in [2.05, 4.69) is 64.6 Å². The van der Waals surface area contributed by atoms with Gasteiger partial charge in [-0.1, -0.05) is 22.0 Å². The highest BCUT2D eigenvalue weighted by molar-refractivity contribution is 9.09. The lowest BCUT2D eigenvalue weighted by Crippen LogP contribution is -1.97. The number of aromatic nitrogens is 2. The Balaban J connectivity index is 2.73. The van der Waals surface area contributed by atoms with E-state index in [1.54, 1.807) is 0 Å². The maximum Gasteiger partial charge on any atom is 0.123 e. The van der Waals surface area contributed by atoms with Crippen molar-refractivity contribution in [3.05, 3.63) is 29.6 Å². The van der Waals surface area contributed by atoms with Crippen LogP contribution in [-0.4, -0.2) is 9.55 Å². The average molecular weight is 253 g/mol. The first-order chi connectivity index (χ1) is 6.59. The molecule has 2 nitrogen and oxygen atoms in total. The van der Waals surface area contributed by atoms with Gasteiger partial charge in [0.05, 0.1) is 15.9 Å². The second-order valence-electron chi connectivity index (χ2n) is 3.64. The van der Waals surface area contributed by atoms with Gasteiger partial charge in [-0.3, -0.25) is 0 Å². The van der Waals surface area contributed by atoms with Crippen LogP contribution in [0.1, 0.15) is 23.1 Å². The second kappa shape index (κ2) is 3.39. The van der Waals surface area contributed by atoms with Gasteiger partial charge in [0, 0.05) is 7.05 Å². The fraction of sp³-hybridized carbons (Fsp3) is 0.364. The summed E-state index contributed by atoms with van der Waals surface area (Å²) in [6.07, 6.45) is 0. The molecule has 1 unspecified atom stereocenters. The normalized spacial score (nSPS) is 13.4. The number of halogens is 1. The highest BCUT2D eigenvalue weighted by Crippen LogP contribution is 2.24. The van der Waals surface area contributed by atoms with Crippen molar-refractivity contribution >= 4 is 27.0 Å². The number of alkyl halides is 1. The summed E-state index contributed by atoms with van der Waals surface area (Å²) in [5, 5.41) is 0. The predicted molar refractivity (Wildman–Crippen MR) is 62.8 cm³/mol. The molecular weight excluding hydrogens is 240 g/mol. The summed E-state index contributed by atoms with van der Waals surface area (Å²) in [5.41, 5.74) is 3.52. The van der Waals surface area contributed by atoms with Crippen LogP contribution in [0.2, 0.25) is 0 Å². The zero-order valence-electron chi connectivity index (χ0n) is 8.58. The molecule has 14 heavy (non-hydrogen) atoms. The molecule has 0 aliphatic carbocycles. The molecule has 0 saturated carbocycles. The van der Waals surface area contributed by atoms with Crippen molar-refractivity contribution in [1.29, 1.82) is 0 Å². The van der Waals surface area contributed by atoms with E-state index in [9.17, 15) is 0 Å². The van der Waals surface area contributed by atoms with Crippen LogP contribution in [0.25, 0.3) is 11.0 Å². The highest BCUT2D eigenvalue weighted by Gasteiger charge is 2.11. The number of benzene rings is 1. The maximum atomic E-state index is 4.59. The number of hydrogen-bond acceptors (Lipinski definition) is 1. The van der Waals surface area contributed by atoms with Crippen LogP contribution in [0.5, 0.6) is 0 Å².